The highest BCUT2D eigenvalue weighted by Gasteiger charge is 2.19. The minimum atomic E-state index is 0. The summed E-state index contributed by atoms with van der Waals surface area (Å²) in [6, 6.07) is 107. The lowest BCUT2D eigenvalue weighted by Crippen LogP contribution is -3.61. The molecule has 0 aliphatic heterocycles. The summed E-state index contributed by atoms with van der Waals surface area (Å²) in [6.45, 7) is 25.6. The van der Waals surface area contributed by atoms with E-state index in [1.54, 1.807) is 0 Å². The molecule has 0 radical (unpaired) electrons. The molecule has 12 heteroatoms. The van der Waals surface area contributed by atoms with Crippen molar-refractivity contribution in [1.82, 2.24) is 0 Å². The molecular formula is C84H84F6I6. The fourth-order valence-corrected chi connectivity index (χ4v) is 20.9. The summed E-state index contributed by atoms with van der Waals surface area (Å²) >= 11 is 0.0188. The van der Waals surface area contributed by atoms with Crippen molar-refractivity contribution in [1.29, 1.82) is 0 Å². The van der Waals surface area contributed by atoms with E-state index in [1.165, 1.54) is 110 Å². The Kier molecular flexibility index (Phi) is 44.6. The number of halogens is 12. The minimum absolute atomic E-state index is 0. The molecule has 0 nitrogen and oxygen atoms in total. The molecule has 0 aliphatic carbocycles. The molecule has 96 heavy (non-hydrogen) atoms. The largest absolute Gasteiger partial charge is 1.00 e. The monoisotopic (exact) mass is 1970 g/mol. The first kappa shape index (κ1) is 88.6. The van der Waals surface area contributed by atoms with E-state index in [9.17, 15) is 0 Å². The van der Waals surface area contributed by atoms with Gasteiger partial charge in [-0.2, -0.15) is 0 Å². The van der Waals surface area contributed by atoms with E-state index in [4.69, 9.17) is 0 Å². The van der Waals surface area contributed by atoms with E-state index in [2.05, 4.69) is 374 Å². The molecular weight excluding hydrogens is 1880 g/mol. The average Bonchev–Trinajstić information content (AvgIpc) is 1.35. The quantitative estimate of drug-likeness (QED) is 0.0845. The summed E-state index contributed by atoms with van der Waals surface area (Å²) in [5.41, 5.74) is 16.1. The highest BCUT2D eigenvalue weighted by molar-refractivity contribution is 5.20. The third kappa shape index (κ3) is 35.4. The van der Waals surface area contributed by atoms with Gasteiger partial charge in [0.2, 0.25) is 0 Å². The molecule has 0 spiro atoms. The van der Waals surface area contributed by atoms with E-state index in [0.717, 1.165) is 0 Å². The molecule has 0 saturated heterocycles. The van der Waals surface area contributed by atoms with Gasteiger partial charge in [0.1, 0.15) is 0 Å². The lowest BCUT2D eigenvalue weighted by atomic mass is 10.2. The predicted molar refractivity (Wildman–Crippen MR) is 359 cm³/mol. The number of rotatable bonds is 12. The highest BCUT2D eigenvalue weighted by atomic mass is 127. The molecule has 504 valence electrons. The van der Waals surface area contributed by atoms with Crippen molar-refractivity contribution >= 4 is 0 Å². The summed E-state index contributed by atoms with van der Waals surface area (Å²) in [7, 11) is 0. The van der Waals surface area contributed by atoms with E-state index in [-0.39, 0.29) is 155 Å². The molecule has 0 amide bonds. The van der Waals surface area contributed by atoms with Crippen LogP contribution in [-0.2, 0) is 0 Å². The standard InChI is InChI=1S/6C14H14I.6FH/c6*1-11-3-7-13(8-4-11)15-14-9-5-12(2)6-10-14;;;;;;/h6*3-10H,1-2H3;6*1H/q6*+1;;;;;;/p-6. The molecule has 0 aromatic heterocycles. The Morgan fingerprint density at radius 1 is 0.104 bits per heavy atom. The van der Waals surface area contributed by atoms with Crippen LogP contribution in [0.4, 0.5) is 0 Å². The molecule has 0 bridgehead atoms. The fourth-order valence-electron chi connectivity index (χ4n) is 7.91. The van der Waals surface area contributed by atoms with Crippen LogP contribution in [0.5, 0.6) is 0 Å². The van der Waals surface area contributed by atoms with Crippen LogP contribution >= 0.6 is 0 Å². The van der Waals surface area contributed by atoms with Gasteiger partial charge in [0.25, 0.3) is 0 Å². The van der Waals surface area contributed by atoms with E-state index in [0.29, 0.717) is 0 Å². The topological polar surface area (TPSA) is 0 Å². The minimum Gasteiger partial charge on any atom is -1.00 e. The molecule has 0 unspecified atom stereocenters. The van der Waals surface area contributed by atoms with Crippen LogP contribution in [0.1, 0.15) is 66.8 Å². The van der Waals surface area contributed by atoms with Crippen LogP contribution in [0.15, 0.2) is 291 Å². The first-order valence-electron chi connectivity index (χ1n) is 30.1. The van der Waals surface area contributed by atoms with Crippen LogP contribution in [0, 0.1) is 126 Å². The van der Waals surface area contributed by atoms with Crippen molar-refractivity contribution in [2.75, 3.05) is 0 Å². The smallest absolute Gasteiger partial charge is 0.357 e. The van der Waals surface area contributed by atoms with Gasteiger partial charge in [-0.15, -0.1) is 0 Å². The van der Waals surface area contributed by atoms with Gasteiger partial charge < -0.3 is 28.2 Å². The Labute approximate surface area is 631 Å². The van der Waals surface area contributed by atoms with Gasteiger partial charge in [0.05, 0.1) is 0 Å². The SMILES string of the molecule is Cc1ccc([I+]c2ccc(C)cc2)cc1.Cc1ccc([I+]c2ccc(C)cc2)cc1.Cc1ccc([I+]c2ccc(C)cc2)cc1.Cc1ccc([I+]c2ccc(C)cc2)cc1.Cc1ccc([I+]c2ccc(C)cc2)cc1.Cc1ccc([I+]c2ccc(C)cc2)cc1.[F-].[F-].[F-].[F-].[F-].[F-]. The van der Waals surface area contributed by atoms with E-state index in [1.807, 2.05) is 0 Å². The van der Waals surface area contributed by atoms with Gasteiger partial charge >= 0.3 is 127 Å². The van der Waals surface area contributed by atoms with Crippen molar-refractivity contribution in [2.24, 2.45) is 0 Å². The molecule has 12 rings (SSSR count). The molecule has 0 atom stereocenters. The predicted octanol–water partition coefficient (Wildman–Crippen LogP) is -15.4. The number of aryl methyl sites for hydroxylation is 12. The molecule has 0 N–H and O–H groups in total. The fraction of sp³-hybridized carbons (Fsp3) is 0.143. The Morgan fingerprint density at radius 2 is 0.156 bits per heavy atom. The average molecular weight is 1970 g/mol. The van der Waals surface area contributed by atoms with Crippen molar-refractivity contribution < 1.29 is 155 Å². The first-order valence-corrected chi connectivity index (χ1v) is 43.1. The lowest BCUT2D eigenvalue weighted by Gasteiger charge is -1.90. The zero-order valence-corrected chi connectivity index (χ0v) is 69.2. The second-order valence-electron chi connectivity index (χ2n) is 22.1. The Balaban J connectivity index is 0.000000569. The van der Waals surface area contributed by atoms with Crippen LogP contribution in [0.2, 0.25) is 0 Å². The van der Waals surface area contributed by atoms with Gasteiger partial charge in [0.15, 0.2) is 42.8 Å². The zero-order valence-electron chi connectivity index (χ0n) is 56.2. The maximum absolute atomic E-state index is 2.25. The summed E-state index contributed by atoms with van der Waals surface area (Å²) < 4.78 is 17.9. The van der Waals surface area contributed by atoms with Gasteiger partial charge in [0, 0.05) is 0 Å². The molecule has 0 saturated carbocycles. The summed E-state index contributed by atoms with van der Waals surface area (Å²) in [6.07, 6.45) is 0. The number of hydrogen-bond donors (Lipinski definition) is 0. The molecule has 12 aromatic rings. The summed E-state index contributed by atoms with van der Waals surface area (Å²) in [4.78, 5) is 0. The van der Waals surface area contributed by atoms with Gasteiger partial charge in [-0.25, -0.2) is 0 Å². The molecule has 12 aromatic carbocycles. The van der Waals surface area contributed by atoms with Gasteiger partial charge in [-0.05, 0) is 229 Å². The van der Waals surface area contributed by atoms with E-state index >= 15 is 0 Å². The Hall–Kier alpha value is -5.40. The number of benzene rings is 12. The van der Waals surface area contributed by atoms with Crippen LogP contribution in [0.3, 0.4) is 0 Å². The van der Waals surface area contributed by atoms with Crippen molar-refractivity contribution in [3.05, 3.63) is 401 Å². The molecule has 0 aliphatic rings. The van der Waals surface area contributed by atoms with Crippen LogP contribution in [-0.4, -0.2) is 0 Å². The van der Waals surface area contributed by atoms with Gasteiger partial charge in [-0.1, -0.05) is 212 Å². The van der Waals surface area contributed by atoms with Crippen LogP contribution < -0.4 is 155 Å². The molecule has 0 heterocycles. The molecule has 0 fully saturated rings. The van der Waals surface area contributed by atoms with Crippen molar-refractivity contribution in [3.63, 3.8) is 0 Å². The van der Waals surface area contributed by atoms with E-state index < -0.39 is 0 Å². The zero-order chi connectivity index (χ0) is 64.0. The van der Waals surface area contributed by atoms with Crippen molar-refractivity contribution in [2.45, 2.75) is 83.1 Å². The Bertz CT molecular complexity index is 3020. The first-order chi connectivity index (χ1) is 43.4. The van der Waals surface area contributed by atoms with Crippen LogP contribution in [0.25, 0.3) is 0 Å². The third-order valence-electron chi connectivity index (χ3n) is 13.4. The maximum atomic E-state index is 2.25. The van der Waals surface area contributed by atoms with Crippen molar-refractivity contribution in [3.8, 4) is 0 Å². The summed E-state index contributed by atoms with van der Waals surface area (Å²) in [5.74, 6) is 0. The maximum Gasteiger partial charge on any atom is 0.357 e. The lowest BCUT2D eigenvalue weighted by molar-refractivity contribution is -0.597. The third-order valence-corrected chi connectivity index (χ3v) is 29.5. The highest BCUT2D eigenvalue weighted by Crippen LogP contribution is 2.02. The Morgan fingerprint density at radius 3 is 0.208 bits per heavy atom. The second-order valence-corrected chi connectivity index (χ2v) is 40.3. The summed E-state index contributed by atoms with van der Waals surface area (Å²) in [5, 5.41) is 0. The normalized spacial score (nSPS) is 9.62. The van der Waals surface area contributed by atoms with Gasteiger partial charge in [-0.3, -0.25) is 0 Å². The second kappa shape index (κ2) is 48.4. The number of hydrogen-bond acceptors (Lipinski definition) is 0.